The Bertz CT molecular complexity index is 203. The van der Waals surface area contributed by atoms with E-state index in [0.29, 0.717) is 0 Å². The highest BCUT2D eigenvalue weighted by molar-refractivity contribution is 5.80. The normalized spacial score (nSPS) is 9.71. The fourth-order valence-electron chi connectivity index (χ4n) is 0.204. The third-order valence-corrected chi connectivity index (χ3v) is 2.07. The molecule has 2 nitrogen and oxygen atoms in total. The molecule has 0 spiro atoms. The van der Waals surface area contributed by atoms with E-state index in [4.69, 9.17) is 4.74 Å². The number of Topliss-reactive ketones (excluding diaryl/α,β-unsaturated/α-hetero) is 1. The van der Waals surface area contributed by atoms with Gasteiger partial charge in [-0.05, 0) is 33.3 Å². The zero-order valence-electron chi connectivity index (χ0n) is 10.8. The SMILES string of the molecule is CC(=O)C(C)(C)C.COC(C)=C(C)C. The largest absolute Gasteiger partial charge is 0.501 e. The average Bonchev–Trinajstić information content (AvgIpc) is 2.02. The smallest absolute Gasteiger partial charge is 0.135 e. The minimum atomic E-state index is -0.139. The number of ketones is 1. The molecule has 0 N–H and O–H groups in total. The third-order valence-electron chi connectivity index (χ3n) is 2.07. The number of hydrogen-bond donors (Lipinski definition) is 0. The van der Waals surface area contributed by atoms with E-state index in [-0.39, 0.29) is 11.2 Å². The molecule has 0 heterocycles. The molecule has 0 radical (unpaired) electrons. The first-order valence-corrected chi connectivity index (χ1v) is 4.82. The molecule has 0 saturated heterocycles. The van der Waals surface area contributed by atoms with Crippen LogP contribution in [0.3, 0.4) is 0 Å². The fourth-order valence-corrected chi connectivity index (χ4v) is 0.204. The molecular formula is C12H24O2. The Morgan fingerprint density at radius 1 is 1.00 bits per heavy atom. The Morgan fingerprint density at radius 3 is 1.29 bits per heavy atom. The van der Waals surface area contributed by atoms with Crippen molar-refractivity contribution < 1.29 is 9.53 Å². The molecule has 0 aliphatic carbocycles. The summed E-state index contributed by atoms with van der Waals surface area (Å²) in [4.78, 5) is 10.5. The maximum absolute atomic E-state index is 10.5. The zero-order chi connectivity index (χ0) is 11.9. The molecule has 0 aliphatic rings. The number of hydrogen-bond acceptors (Lipinski definition) is 2. The summed E-state index contributed by atoms with van der Waals surface area (Å²) in [5.74, 6) is 1.26. The van der Waals surface area contributed by atoms with Gasteiger partial charge in [0.2, 0.25) is 0 Å². The van der Waals surface area contributed by atoms with Gasteiger partial charge in [-0.25, -0.2) is 0 Å². The lowest BCUT2D eigenvalue weighted by Crippen LogP contribution is -2.15. The monoisotopic (exact) mass is 200 g/mol. The summed E-state index contributed by atoms with van der Waals surface area (Å²) in [5, 5.41) is 0. The molecule has 84 valence electrons. The van der Waals surface area contributed by atoms with Crippen LogP contribution in [0.1, 0.15) is 48.5 Å². The van der Waals surface area contributed by atoms with Crippen LogP contribution in [0.25, 0.3) is 0 Å². The Kier molecular flexibility index (Phi) is 7.42. The second-order valence-corrected chi connectivity index (χ2v) is 4.57. The molecule has 14 heavy (non-hydrogen) atoms. The van der Waals surface area contributed by atoms with Crippen LogP contribution in [0.15, 0.2) is 11.3 Å². The molecule has 0 atom stereocenters. The van der Waals surface area contributed by atoms with Gasteiger partial charge in [0.1, 0.15) is 5.78 Å². The summed E-state index contributed by atoms with van der Waals surface area (Å²) in [5.41, 5.74) is 1.10. The van der Waals surface area contributed by atoms with Crippen molar-refractivity contribution in [1.29, 1.82) is 0 Å². The van der Waals surface area contributed by atoms with Crippen LogP contribution in [0, 0.1) is 5.41 Å². The maximum atomic E-state index is 10.5. The molecule has 0 aromatic carbocycles. The van der Waals surface area contributed by atoms with Gasteiger partial charge in [-0.2, -0.15) is 0 Å². The quantitative estimate of drug-likeness (QED) is 0.605. The van der Waals surface area contributed by atoms with Crippen molar-refractivity contribution in [1.82, 2.24) is 0 Å². The number of carbonyl (C=O) groups is 1. The van der Waals surface area contributed by atoms with Crippen LogP contribution >= 0.6 is 0 Å². The number of rotatable bonds is 1. The van der Waals surface area contributed by atoms with E-state index in [1.165, 1.54) is 5.57 Å². The van der Waals surface area contributed by atoms with E-state index in [2.05, 4.69) is 0 Å². The molecular weight excluding hydrogens is 176 g/mol. The van der Waals surface area contributed by atoms with Gasteiger partial charge in [-0.3, -0.25) is 4.79 Å². The van der Waals surface area contributed by atoms with Crippen LogP contribution in [0.4, 0.5) is 0 Å². The van der Waals surface area contributed by atoms with E-state index in [0.717, 1.165) is 5.76 Å². The fraction of sp³-hybridized carbons (Fsp3) is 0.750. The molecule has 0 rings (SSSR count). The van der Waals surface area contributed by atoms with Crippen molar-refractivity contribution in [2.45, 2.75) is 48.5 Å². The minimum Gasteiger partial charge on any atom is -0.501 e. The number of carbonyl (C=O) groups excluding carboxylic acids is 1. The van der Waals surface area contributed by atoms with Gasteiger partial charge in [0, 0.05) is 5.41 Å². The summed E-state index contributed by atoms with van der Waals surface area (Å²) in [7, 11) is 1.68. The van der Waals surface area contributed by atoms with Crippen molar-refractivity contribution in [3.8, 4) is 0 Å². The molecule has 0 bridgehead atoms. The molecule has 0 aromatic heterocycles. The third kappa shape index (κ3) is 9.30. The molecule has 0 unspecified atom stereocenters. The first-order chi connectivity index (χ1) is 6.12. The highest BCUT2D eigenvalue weighted by atomic mass is 16.5. The van der Waals surface area contributed by atoms with E-state index >= 15 is 0 Å². The van der Waals surface area contributed by atoms with Gasteiger partial charge in [0.25, 0.3) is 0 Å². The topological polar surface area (TPSA) is 26.3 Å². The number of allylic oxidation sites excluding steroid dienone is 2. The summed E-state index contributed by atoms with van der Waals surface area (Å²) in [6, 6.07) is 0. The first-order valence-electron chi connectivity index (χ1n) is 4.82. The lowest BCUT2D eigenvalue weighted by molar-refractivity contribution is -0.124. The van der Waals surface area contributed by atoms with Crippen molar-refractivity contribution in [3.63, 3.8) is 0 Å². The second-order valence-electron chi connectivity index (χ2n) is 4.57. The maximum Gasteiger partial charge on any atom is 0.135 e. The molecule has 0 saturated carbocycles. The van der Waals surface area contributed by atoms with Gasteiger partial charge < -0.3 is 4.74 Å². The number of methoxy groups -OCH3 is 1. The van der Waals surface area contributed by atoms with Gasteiger partial charge in [0.15, 0.2) is 0 Å². The summed E-state index contributed by atoms with van der Waals surface area (Å²) in [6.07, 6.45) is 0. The van der Waals surface area contributed by atoms with E-state index in [1.807, 2.05) is 41.5 Å². The molecule has 0 amide bonds. The Hall–Kier alpha value is -0.790. The van der Waals surface area contributed by atoms with Gasteiger partial charge >= 0.3 is 0 Å². The van der Waals surface area contributed by atoms with Crippen molar-refractivity contribution >= 4 is 5.78 Å². The van der Waals surface area contributed by atoms with Crippen LogP contribution in [0.5, 0.6) is 0 Å². The Labute approximate surface area is 88.3 Å². The minimum absolute atomic E-state index is 0.139. The lowest BCUT2D eigenvalue weighted by Gasteiger charge is -2.11. The van der Waals surface area contributed by atoms with E-state index < -0.39 is 0 Å². The van der Waals surface area contributed by atoms with Gasteiger partial charge in [0.05, 0.1) is 12.9 Å². The Morgan fingerprint density at radius 2 is 1.29 bits per heavy atom. The molecule has 0 aliphatic heterocycles. The lowest BCUT2D eigenvalue weighted by atomic mass is 9.92. The zero-order valence-corrected chi connectivity index (χ0v) is 10.8. The summed E-state index contributed by atoms with van der Waals surface area (Å²) >= 11 is 0. The highest BCUT2D eigenvalue weighted by Gasteiger charge is 2.14. The first kappa shape index (κ1) is 15.7. The molecule has 0 aromatic rings. The van der Waals surface area contributed by atoms with Crippen molar-refractivity contribution in [3.05, 3.63) is 11.3 Å². The van der Waals surface area contributed by atoms with Crippen molar-refractivity contribution in [2.75, 3.05) is 7.11 Å². The standard InChI is InChI=1S/2C6H12O/c1-5(7)6(2,3)4;1-5(2)6(3)7-4/h2*1-4H3. The average molecular weight is 200 g/mol. The van der Waals surface area contributed by atoms with Crippen LogP contribution in [-0.2, 0) is 9.53 Å². The van der Waals surface area contributed by atoms with Gasteiger partial charge in [-0.1, -0.05) is 20.8 Å². The molecule has 0 fully saturated rings. The summed E-state index contributed by atoms with van der Waals surface area (Å²) < 4.78 is 4.89. The molecule has 2 heteroatoms. The summed E-state index contributed by atoms with van der Waals surface area (Å²) in [6.45, 7) is 13.4. The highest BCUT2D eigenvalue weighted by Crippen LogP contribution is 2.12. The van der Waals surface area contributed by atoms with Crippen LogP contribution in [0.2, 0.25) is 0 Å². The van der Waals surface area contributed by atoms with Crippen LogP contribution in [-0.4, -0.2) is 12.9 Å². The van der Waals surface area contributed by atoms with Crippen molar-refractivity contribution in [2.24, 2.45) is 5.41 Å². The second kappa shape index (κ2) is 6.63. The Balaban J connectivity index is 0. The predicted octanol–water partition coefficient (Wildman–Crippen LogP) is 3.57. The van der Waals surface area contributed by atoms with E-state index in [1.54, 1.807) is 14.0 Å². The predicted molar refractivity (Wildman–Crippen MR) is 61.2 cm³/mol. The number of ether oxygens (including phenoxy) is 1. The van der Waals surface area contributed by atoms with Gasteiger partial charge in [-0.15, -0.1) is 0 Å². The van der Waals surface area contributed by atoms with Crippen LogP contribution < -0.4 is 0 Å². The van der Waals surface area contributed by atoms with E-state index in [9.17, 15) is 4.79 Å².